The van der Waals surface area contributed by atoms with Gasteiger partial charge in [-0.3, -0.25) is 0 Å². The number of aromatic nitrogens is 2. The number of H-pyrrole nitrogens is 1. The van der Waals surface area contributed by atoms with Crippen LogP contribution in [0, 0.1) is 12.7 Å². The summed E-state index contributed by atoms with van der Waals surface area (Å²) in [6, 6.07) is 13.8. The van der Waals surface area contributed by atoms with E-state index in [2.05, 4.69) is 22.4 Å². The second-order valence-corrected chi connectivity index (χ2v) is 7.88. The van der Waals surface area contributed by atoms with Crippen molar-refractivity contribution in [2.75, 3.05) is 20.2 Å². The summed E-state index contributed by atoms with van der Waals surface area (Å²) >= 11 is 0. The Labute approximate surface area is 169 Å². The van der Waals surface area contributed by atoms with Gasteiger partial charge in [-0.25, -0.2) is 9.37 Å². The molecule has 1 fully saturated rings. The van der Waals surface area contributed by atoms with Gasteiger partial charge in [-0.05, 0) is 68.6 Å². The van der Waals surface area contributed by atoms with Crippen LogP contribution in [0.2, 0.25) is 0 Å². The Morgan fingerprint density at radius 2 is 1.86 bits per heavy atom. The average molecular weight is 389 g/mol. The molecular formula is C24H24FN3O. The third kappa shape index (κ3) is 3.25. The van der Waals surface area contributed by atoms with Gasteiger partial charge in [0.15, 0.2) is 0 Å². The summed E-state index contributed by atoms with van der Waals surface area (Å²) in [5.41, 5.74) is 5.30. The summed E-state index contributed by atoms with van der Waals surface area (Å²) in [4.78, 5) is 8.10. The fraction of sp³-hybridized carbons (Fsp3) is 0.292. The van der Waals surface area contributed by atoms with E-state index in [4.69, 9.17) is 9.72 Å². The normalized spacial score (nSPS) is 15.3. The highest BCUT2D eigenvalue weighted by Crippen LogP contribution is 2.35. The van der Waals surface area contributed by atoms with Crippen LogP contribution in [0.5, 0.6) is 5.75 Å². The zero-order valence-electron chi connectivity index (χ0n) is 16.7. The lowest BCUT2D eigenvalue weighted by atomic mass is 9.89. The summed E-state index contributed by atoms with van der Waals surface area (Å²) in [6.45, 7) is 3.92. The molecule has 2 aromatic carbocycles. The van der Waals surface area contributed by atoms with Gasteiger partial charge in [-0.1, -0.05) is 6.07 Å². The summed E-state index contributed by atoms with van der Waals surface area (Å²) in [7, 11) is 1.66. The van der Waals surface area contributed by atoms with Gasteiger partial charge >= 0.3 is 0 Å². The van der Waals surface area contributed by atoms with Gasteiger partial charge in [0, 0.05) is 39.7 Å². The number of hydrogen-bond donors (Lipinski definition) is 2. The Balaban J connectivity index is 1.60. The molecule has 0 unspecified atom stereocenters. The number of nitrogens with one attached hydrogen (secondary N) is 2. The molecule has 29 heavy (non-hydrogen) atoms. The molecule has 0 bridgehead atoms. The molecule has 0 saturated carbocycles. The monoisotopic (exact) mass is 389 g/mol. The fourth-order valence-electron chi connectivity index (χ4n) is 4.43. The second kappa shape index (κ2) is 7.16. The van der Waals surface area contributed by atoms with E-state index in [1.165, 1.54) is 0 Å². The van der Waals surface area contributed by atoms with Crippen LogP contribution in [-0.4, -0.2) is 30.2 Å². The first-order valence-corrected chi connectivity index (χ1v) is 10.1. The maximum absolute atomic E-state index is 14.9. The molecule has 0 radical (unpaired) electrons. The molecule has 4 nitrogen and oxygen atoms in total. The first-order chi connectivity index (χ1) is 14.1. The molecule has 2 aromatic heterocycles. The number of piperidine rings is 1. The van der Waals surface area contributed by atoms with Crippen LogP contribution in [0.3, 0.4) is 0 Å². The lowest BCUT2D eigenvalue weighted by Crippen LogP contribution is -2.27. The standard InChI is InChI=1S/C24H24FN3O/c1-14-9-17-11-19(24(29-2)13-23(17)27-14)21-4-3-16-10-18(15-5-7-26-8-6-15)20(25)12-22(16)28-21/h3-4,9-13,15,26-27H,5-8H2,1-2H3. The third-order valence-corrected chi connectivity index (χ3v) is 5.94. The molecule has 5 rings (SSSR count). The Morgan fingerprint density at radius 1 is 1.03 bits per heavy atom. The van der Waals surface area contributed by atoms with Gasteiger partial charge < -0.3 is 15.0 Å². The number of fused-ring (bicyclic) bond motifs is 2. The Hall–Kier alpha value is -2.92. The number of pyridine rings is 1. The van der Waals surface area contributed by atoms with Crippen LogP contribution in [0.4, 0.5) is 4.39 Å². The number of rotatable bonds is 3. The van der Waals surface area contributed by atoms with E-state index in [1.807, 2.05) is 31.2 Å². The molecule has 148 valence electrons. The number of aromatic amines is 1. The molecule has 0 spiro atoms. The zero-order chi connectivity index (χ0) is 20.0. The lowest BCUT2D eigenvalue weighted by Gasteiger charge is -2.23. The van der Waals surface area contributed by atoms with Crippen LogP contribution in [0.15, 0.2) is 42.5 Å². The average Bonchev–Trinajstić information content (AvgIpc) is 3.11. The topological polar surface area (TPSA) is 49.9 Å². The highest BCUT2D eigenvalue weighted by molar-refractivity contribution is 5.90. The molecule has 1 saturated heterocycles. The van der Waals surface area contributed by atoms with E-state index in [1.54, 1.807) is 13.2 Å². The van der Waals surface area contributed by atoms with E-state index in [9.17, 15) is 4.39 Å². The van der Waals surface area contributed by atoms with Gasteiger partial charge in [0.2, 0.25) is 0 Å². The van der Waals surface area contributed by atoms with Crippen LogP contribution in [0.25, 0.3) is 33.1 Å². The van der Waals surface area contributed by atoms with Crippen LogP contribution >= 0.6 is 0 Å². The van der Waals surface area contributed by atoms with Crippen molar-refractivity contribution in [2.24, 2.45) is 0 Å². The molecule has 0 amide bonds. The number of hydrogen-bond acceptors (Lipinski definition) is 3. The van der Waals surface area contributed by atoms with Crippen molar-refractivity contribution in [3.63, 3.8) is 0 Å². The van der Waals surface area contributed by atoms with E-state index in [0.717, 1.165) is 70.5 Å². The molecule has 2 N–H and O–H groups in total. The second-order valence-electron chi connectivity index (χ2n) is 7.88. The third-order valence-electron chi connectivity index (χ3n) is 5.94. The van der Waals surface area contributed by atoms with Gasteiger partial charge in [0.05, 0.1) is 18.3 Å². The maximum Gasteiger partial charge on any atom is 0.130 e. The Kier molecular flexibility index (Phi) is 4.47. The SMILES string of the molecule is COc1cc2[nH]c(C)cc2cc1-c1ccc2cc(C3CCNCC3)c(F)cc2n1. The van der Waals surface area contributed by atoms with Crippen molar-refractivity contribution in [1.82, 2.24) is 15.3 Å². The smallest absolute Gasteiger partial charge is 0.130 e. The first-order valence-electron chi connectivity index (χ1n) is 10.1. The number of halogens is 1. The first kappa shape index (κ1) is 18.1. The molecule has 0 atom stereocenters. The van der Waals surface area contributed by atoms with Crippen molar-refractivity contribution in [2.45, 2.75) is 25.7 Å². The van der Waals surface area contributed by atoms with Crippen molar-refractivity contribution in [3.05, 3.63) is 59.5 Å². The van der Waals surface area contributed by atoms with E-state index in [0.29, 0.717) is 5.52 Å². The summed E-state index contributed by atoms with van der Waals surface area (Å²) in [6.07, 6.45) is 1.95. The quantitative estimate of drug-likeness (QED) is 0.499. The van der Waals surface area contributed by atoms with Crippen LogP contribution in [-0.2, 0) is 0 Å². The predicted molar refractivity (Wildman–Crippen MR) is 115 cm³/mol. The maximum atomic E-state index is 14.9. The summed E-state index contributed by atoms with van der Waals surface area (Å²) in [5, 5.41) is 5.42. The Bertz CT molecular complexity index is 1210. The van der Waals surface area contributed by atoms with Gasteiger partial charge in [0.25, 0.3) is 0 Å². The molecule has 3 heterocycles. The van der Waals surface area contributed by atoms with Gasteiger partial charge in [-0.2, -0.15) is 0 Å². The predicted octanol–water partition coefficient (Wildman–Crippen LogP) is 5.31. The molecular weight excluding hydrogens is 365 g/mol. The van der Waals surface area contributed by atoms with E-state index < -0.39 is 0 Å². The summed E-state index contributed by atoms with van der Waals surface area (Å²) in [5.74, 6) is 0.871. The number of ether oxygens (including phenoxy) is 1. The van der Waals surface area contributed by atoms with Crippen molar-refractivity contribution in [1.29, 1.82) is 0 Å². The molecule has 4 aromatic rings. The largest absolute Gasteiger partial charge is 0.496 e. The molecule has 0 aliphatic carbocycles. The number of methoxy groups -OCH3 is 1. The Morgan fingerprint density at radius 3 is 2.66 bits per heavy atom. The minimum absolute atomic E-state index is 0.155. The van der Waals surface area contributed by atoms with Crippen LogP contribution in [0.1, 0.15) is 30.0 Å². The number of benzene rings is 2. The molecule has 1 aliphatic heterocycles. The molecule has 5 heteroatoms. The number of nitrogens with zero attached hydrogens (tertiary/aromatic N) is 1. The van der Waals surface area contributed by atoms with E-state index in [-0.39, 0.29) is 11.7 Å². The highest BCUT2D eigenvalue weighted by atomic mass is 19.1. The van der Waals surface area contributed by atoms with Crippen molar-refractivity contribution < 1.29 is 9.13 Å². The van der Waals surface area contributed by atoms with Gasteiger partial charge in [0.1, 0.15) is 11.6 Å². The minimum atomic E-state index is -0.155. The number of aryl methyl sites for hydroxylation is 1. The van der Waals surface area contributed by atoms with Crippen molar-refractivity contribution in [3.8, 4) is 17.0 Å². The van der Waals surface area contributed by atoms with Crippen LogP contribution < -0.4 is 10.1 Å². The molecule has 1 aliphatic rings. The van der Waals surface area contributed by atoms with Crippen molar-refractivity contribution >= 4 is 21.8 Å². The van der Waals surface area contributed by atoms with E-state index >= 15 is 0 Å². The minimum Gasteiger partial charge on any atom is -0.496 e. The summed E-state index contributed by atoms with van der Waals surface area (Å²) < 4.78 is 20.5. The highest BCUT2D eigenvalue weighted by Gasteiger charge is 2.20. The zero-order valence-corrected chi connectivity index (χ0v) is 16.7. The van der Waals surface area contributed by atoms with Gasteiger partial charge in [-0.15, -0.1) is 0 Å². The fourth-order valence-corrected chi connectivity index (χ4v) is 4.43. The lowest BCUT2D eigenvalue weighted by molar-refractivity contribution is 0.417.